The molecule has 2 fully saturated rings. The minimum Gasteiger partial charge on any atom is -0.390 e. The van der Waals surface area contributed by atoms with Gasteiger partial charge in [0.2, 0.25) is 11.8 Å². The Morgan fingerprint density at radius 2 is 1.87 bits per heavy atom. The van der Waals surface area contributed by atoms with E-state index in [1.54, 1.807) is 0 Å². The monoisotopic (exact) mass is 432 g/mol. The molecule has 0 aromatic heterocycles. The summed E-state index contributed by atoms with van der Waals surface area (Å²) in [5.41, 5.74) is 6.64. The van der Waals surface area contributed by atoms with Crippen molar-refractivity contribution in [3.8, 4) is 0 Å². The van der Waals surface area contributed by atoms with Gasteiger partial charge in [0.15, 0.2) is 0 Å². The summed E-state index contributed by atoms with van der Waals surface area (Å²) in [5.74, 6) is -1.29. The minimum atomic E-state index is -0.659. The lowest BCUT2D eigenvalue weighted by Crippen LogP contribution is -2.50. The average Bonchev–Trinajstić information content (AvgIpc) is 3.34. The van der Waals surface area contributed by atoms with Gasteiger partial charge in [-0.1, -0.05) is 29.8 Å². The Hall–Kier alpha value is -2.09. The quantitative estimate of drug-likeness (QED) is 0.555. The maximum Gasteiger partial charge on any atom is 0.224 e. The number of fused-ring (bicyclic) bond motifs is 2. The molecule has 1 aromatic carbocycles. The third-order valence-electron chi connectivity index (χ3n) is 6.62. The summed E-state index contributed by atoms with van der Waals surface area (Å²) in [5, 5.41) is 14.0. The SMILES string of the molecule is NC(=O)C1C(C(=O)NCC(O)CN2CCN(c3cccc(Cl)c3)CC2)[C@H]2C=C[C@@H]1C2. The van der Waals surface area contributed by atoms with Crippen LogP contribution >= 0.6 is 11.6 Å². The van der Waals surface area contributed by atoms with Crippen LogP contribution in [0.3, 0.4) is 0 Å². The van der Waals surface area contributed by atoms with Gasteiger partial charge in [-0.05, 0) is 36.5 Å². The van der Waals surface area contributed by atoms with Crippen LogP contribution in [0.2, 0.25) is 5.02 Å². The van der Waals surface area contributed by atoms with E-state index in [1.165, 1.54) is 0 Å². The lowest BCUT2D eigenvalue weighted by Gasteiger charge is -2.37. The highest BCUT2D eigenvalue weighted by Crippen LogP contribution is 2.47. The number of benzene rings is 1. The highest BCUT2D eigenvalue weighted by atomic mass is 35.5. The molecule has 8 heteroatoms. The molecule has 1 saturated heterocycles. The van der Waals surface area contributed by atoms with Crippen LogP contribution in [0.25, 0.3) is 0 Å². The van der Waals surface area contributed by atoms with Crippen LogP contribution in [0.15, 0.2) is 36.4 Å². The van der Waals surface area contributed by atoms with Gasteiger partial charge in [-0.15, -0.1) is 0 Å². The highest BCUT2D eigenvalue weighted by Gasteiger charge is 2.50. The predicted molar refractivity (Wildman–Crippen MR) is 116 cm³/mol. The summed E-state index contributed by atoms with van der Waals surface area (Å²) in [6, 6.07) is 7.83. The van der Waals surface area contributed by atoms with Gasteiger partial charge in [0.25, 0.3) is 0 Å². The van der Waals surface area contributed by atoms with Crippen molar-refractivity contribution in [2.45, 2.75) is 12.5 Å². The number of nitrogens with zero attached hydrogens (tertiary/aromatic N) is 2. The van der Waals surface area contributed by atoms with Crippen molar-refractivity contribution in [1.29, 1.82) is 0 Å². The van der Waals surface area contributed by atoms with Crippen molar-refractivity contribution < 1.29 is 14.7 Å². The number of hydrogen-bond acceptors (Lipinski definition) is 5. The highest BCUT2D eigenvalue weighted by molar-refractivity contribution is 6.30. The van der Waals surface area contributed by atoms with E-state index in [0.717, 1.165) is 43.3 Å². The predicted octanol–water partition coefficient (Wildman–Crippen LogP) is 0.863. The van der Waals surface area contributed by atoms with Gasteiger partial charge < -0.3 is 21.1 Å². The number of primary amides is 1. The molecule has 5 atom stereocenters. The van der Waals surface area contributed by atoms with E-state index < -0.39 is 23.8 Å². The first-order valence-electron chi connectivity index (χ1n) is 10.6. The molecule has 0 spiro atoms. The molecule has 1 saturated carbocycles. The van der Waals surface area contributed by atoms with E-state index in [9.17, 15) is 14.7 Å². The first kappa shape index (κ1) is 21.2. The molecule has 1 heterocycles. The molecule has 4 rings (SSSR count). The summed E-state index contributed by atoms with van der Waals surface area (Å²) in [6.07, 6.45) is 4.17. The Balaban J connectivity index is 1.22. The number of halogens is 1. The number of carbonyl (C=O) groups excluding carboxylic acids is 2. The number of hydrogen-bond donors (Lipinski definition) is 3. The molecule has 2 bridgehead atoms. The van der Waals surface area contributed by atoms with E-state index in [4.69, 9.17) is 17.3 Å². The number of allylic oxidation sites excluding steroid dienone is 2. The number of amides is 2. The van der Waals surface area contributed by atoms with Crippen molar-refractivity contribution in [3.63, 3.8) is 0 Å². The second-order valence-corrected chi connectivity index (χ2v) is 9.01. The summed E-state index contributed by atoms with van der Waals surface area (Å²) >= 11 is 6.08. The molecule has 2 amide bonds. The zero-order valence-electron chi connectivity index (χ0n) is 16.9. The molecule has 0 radical (unpaired) electrons. The molecule has 1 aliphatic heterocycles. The third-order valence-corrected chi connectivity index (χ3v) is 6.85. The van der Waals surface area contributed by atoms with E-state index >= 15 is 0 Å². The van der Waals surface area contributed by atoms with Crippen LogP contribution in [-0.2, 0) is 9.59 Å². The number of carbonyl (C=O) groups is 2. The maximum atomic E-state index is 12.7. The standard InChI is InChI=1S/C22H29ClN4O3/c23-16-2-1-3-17(11-16)27-8-6-26(7-9-27)13-18(28)12-25-22(30)20-15-5-4-14(10-15)19(20)21(24)29/h1-5,11,14-15,18-20,28H,6-10,12-13H2,(H2,24,29)(H,25,30)/t14-,15+,18?,19?,20?/m1/s1. The second-order valence-electron chi connectivity index (χ2n) is 8.57. The number of nitrogens with one attached hydrogen (secondary N) is 1. The maximum absolute atomic E-state index is 12.7. The van der Waals surface area contributed by atoms with Crippen molar-refractivity contribution in [2.24, 2.45) is 29.4 Å². The lowest BCUT2D eigenvalue weighted by atomic mass is 9.82. The van der Waals surface area contributed by atoms with Crippen LogP contribution in [0.5, 0.6) is 0 Å². The summed E-state index contributed by atoms with van der Waals surface area (Å²) in [4.78, 5) is 29.0. The van der Waals surface area contributed by atoms with Crippen molar-refractivity contribution >= 4 is 29.1 Å². The largest absolute Gasteiger partial charge is 0.390 e. The van der Waals surface area contributed by atoms with Crippen LogP contribution in [0.1, 0.15) is 6.42 Å². The fourth-order valence-corrected chi connectivity index (χ4v) is 5.31. The molecule has 2 aliphatic carbocycles. The number of aliphatic hydroxyl groups excluding tert-OH is 1. The molecule has 4 N–H and O–H groups in total. The Morgan fingerprint density at radius 1 is 1.17 bits per heavy atom. The second kappa shape index (κ2) is 8.96. The molecule has 162 valence electrons. The first-order valence-corrected chi connectivity index (χ1v) is 11.0. The zero-order valence-corrected chi connectivity index (χ0v) is 17.7. The van der Waals surface area contributed by atoms with Crippen molar-refractivity contribution in [1.82, 2.24) is 10.2 Å². The van der Waals surface area contributed by atoms with E-state index in [1.807, 2.05) is 30.4 Å². The van der Waals surface area contributed by atoms with Crippen molar-refractivity contribution in [3.05, 3.63) is 41.4 Å². The molecule has 3 aliphatic rings. The first-order chi connectivity index (χ1) is 14.4. The van der Waals surface area contributed by atoms with Crippen LogP contribution in [0.4, 0.5) is 5.69 Å². The lowest BCUT2D eigenvalue weighted by molar-refractivity contribution is -0.134. The number of nitrogens with two attached hydrogens (primary N) is 1. The molecular formula is C22H29ClN4O3. The molecule has 3 unspecified atom stereocenters. The van der Waals surface area contributed by atoms with E-state index in [0.29, 0.717) is 6.54 Å². The number of rotatable bonds is 7. The Kier molecular flexibility index (Phi) is 6.32. The molecule has 30 heavy (non-hydrogen) atoms. The van der Waals surface area contributed by atoms with Gasteiger partial charge in [0.05, 0.1) is 17.9 Å². The average molecular weight is 433 g/mol. The minimum absolute atomic E-state index is 0.0731. The summed E-state index contributed by atoms with van der Waals surface area (Å²) in [6.45, 7) is 4.06. The summed E-state index contributed by atoms with van der Waals surface area (Å²) in [7, 11) is 0. The topological polar surface area (TPSA) is 98.9 Å². The third kappa shape index (κ3) is 4.48. The summed E-state index contributed by atoms with van der Waals surface area (Å²) < 4.78 is 0. The fraction of sp³-hybridized carbons (Fsp3) is 0.545. The molecule has 1 aromatic rings. The smallest absolute Gasteiger partial charge is 0.224 e. The van der Waals surface area contributed by atoms with Crippen molar-refractivity contribution in [2.75, 3.05) is 44.2 Å². The van der Waals surface area contributed by atoms with Gasteiger partial charge in [-0.3, -0.25) is 14.5 Å². The van der Waals surface area contributed by atoms with Crippen LogP contribution < -0.4 is 16.0 Å². The Bertz CT molecular complexity index is 824. The van der Waals surface area contributed by atoms with Gasteiger partial charge in [-0.25, -0.2) is 0 Å². The fourth-order valence-electron chi connectivity index (χ4n) is 5.13. The number of piperazine rings is 1. The molecular weight excluding hydrogens is 404 g/mol. The van der Waals surface area contributed by atoms with Gasteiger partial charge in [0.1, 0.15) is 0 Å². The molecule has 7 nitrogen and oxygen atoms in total. The Labute approximate surface area is 181 Å². The normalized spacial score (nSPS) is 29.2. The number of aliphatic hydroxyl groups is 1. The number of β-amino-alcohol motifs (C(OH)–C–C–N with tert-alkyl or cyclic N) is 1. The van der Waals surface area contributed by atoms with E-state index in [2.05, 4.69) is 21.2 Å². The van der Waals surface area contributed by atoms with Crippen LogP contribution in [-0.4, -0.2) is 67.2 Å². The zero-order chi connectivity index (χ0) is 21.3. The van der Waals surface area contributed by atoms with Gasteiger partial charge >= 0.3 is 0 Å². The number of anilines is 1. The van der Waals surface area contributed by atoms with Crippen LogP contribution in [0, 0.1) is 23.7 Å². The van der Waals surface area contributed by atoms with Gasteiger partial charge in [-0.2, -0.15) is 0 Å². The van der Waals surface area contributed by atoms with E-state index in [-0.39, 0.29) is 24.3 Å². The van der Waals surface area contributed by atoms with Gasteiger partial charge in [0, 0.05) is 50.0 Å². The Morgan fingerprint density at radius 3 is 2.53 bits per heavy atom.